The van der Waals surface area contributed by atoms with Crippen molar-refractivity contribution in [1.29, 1.82) is 0 Å². The summed E-state index contributed by atoms with van der Waals surface area (Å²) in [6.07, 6.45) is 0. The first-order chi connectivity index (χ1) is 9.97. The van der Waals surface area contributed by atoms with E-state index in [9.17, 15) is 4.79 Å². The number of nitrogens with two attached hydrogens (primary N) is 1. The van der Waals surface area contributed by atoms with Crippen LogP contribution in [-0.2, 0) is 0 Å². The first kappa shape index (κ1) is 15.7. The molecule has 0 aliphatic heterocycles. The van der Waals surface area contributed by atoms with Gasteiger partial charge in [-0.1, -0.05) is 11.6 Å². The van der Waals surface area contributed by atoms with Gasteiger partial charge in [-0.15, -0.1) is 0 Å². The fourth-order valence-electron chi connectivity index (χ4n) is 1.90. The van der Waals surface area contributed by atoms with Gasteiger partial charge in [0.25, 0.3) is 0 Å². The van der Waals surface area contributed by atoms with E-state index in [1.807, 2.05) is 0 Å². The molecule has 0 atom stereocenters. The second kappa shape index (κ2) is 6.37. The molecule has 0 saturated heterocycles. The molecule has 0 spiro atoms. The van der Waals surface area contributed by atoms with Crippen molar-refractivity contribution in [2.24, 2.45) is 0 Å². The molecule has 2 N–H and O–H groups in total. The Morgan fingerprint density at radius 3 is 2.33 bits per heavy atom. The van der Waals surface area contributed by atoms with Gasteiger partial charge >= 0.3 is 0 Å². The van der Waals surface area contributed by atoms with Gasteiger partial charge in [-0.25, -0.2) is 0 Å². The molecule has 0 bridgehead atoms. The smallest absolute Gasteiger partial charge is 0.196 e. The van der Waals surface area contributed by atoms with E-state index in [0.717, 1.165) is 0 Å². The lowest BCUT2D eigenvalue weighted by Gasteiger charge is -2.12. The Balaban J connectivity index is 2.55. The topological polar surface area (TPSA) is 61.5 Å². The van der Waals surface area contributed by atoms with Gasteiger partial charge in [0.1, 0.15) is 0 Å². The first-order valence-corrected chi connectivity index (χ1v) is 7.16. The molecule has 0 saturated carbocycles. The maximum Gasteiger partial charge on any atom is 0.196 e. The Morgan fingerprint density at radius 2 is 1.71 bits per heavy atom. The lowest BCUT2D eigenvalue weighted by Crippen LogP contribution is -2.07. The van der Waals surface area contributed by atoms with E-state index in [2.05, 4.69) is 15.9 Å². The van der Waals surface area contributed by atoms with Crippen LogP contribution >= 0.6 is 27.5 Å². The summed E-state index contributed by atoms with van der Waals surface area (Å²) < 4.78 is 11.0. The van der Waals surface area contributed by atoms with Crippen LogP contribution in [0.5, 0.6) is 11.5 Å². The second-order valence-corrected chi connectivity index (χ2v) is 5.54. The Hall–Kier alpha value is -1.72. The Morgan fingerprint density at radius 1 is 1.10 bits per heavy atom. The van der Waals surface area contributed by atoms with Gasteiger partial charge in [-0.3, -0.25) is 4.79 Å². The van der Waals surface area contributed by atoms with E-state index < -0.39 is 0 Å². The summed E-state index contributed by atoms with van der Waals surface area (Å²) in [5.41, 5.74) is 6.98. The maximum absolute atomic E-state index is 12.6. The number of carbonyl (C=O) groups is 1. The Kier molecular flexibility index (Phi) is 4.75. The highest BCUT2D eigenvalue weighted by Gasteiger charge is 2.19. The SMILES string of the molecule is COc1cc(Br)c(C(=O)c2cc(Cl)ccc2N)cc1OC. The van der Waals surface area contributed by atoms with Crippen LogP contribution < -0.4 is 15.2 Å². The van der Waals surface area contributed by atoms with Crippen LogP contribution in [0.1, 0.15) is 15.9 Å². The number of anilines is 1. The number of hydrogen-bond donors (Lipinski definition) is 1. The van der Waals surface area contributed by atoms with E-state index in [4.69, 9.17) is 26.8 Å². The fourth-order valence-corrected chi connectivity index (χ4v) is 2.57. The summed E-state index contributed by atoms with van der Waals surface area (Å²) in [7, 11) is 3.04. The molecule has 4 nitrogen and oxygen atoms in total. The quantitative estimate of drug-likeness (QED) is 0.654. The molecule has 0 aromatic heterocycles. The molecule has 0 aliphatic carbocycles. The average molecular weight is 371 g/mol. The molecule has 0 unspecified atom stereocenters. The Bertz CT molecular complexity index is 704. The maximum atomic E-state index is 12.6. The van der Waals surface area contributed by atoms with Crippen LogP contribution in [0, 0.1) is 0 Å². The van der Waals surface area contributed by atoms with Crippen molar-refractivity contribution < 1.29 is 14.3 Å². The van der Waals surface area contributed by atoms with Crippen LogP contribution in [0.2, 0.25) is 5.02 Å². The predicted molar refractivity (Wildman–Crippen MR) is 86.5 cm³/mol. The number of methoxy groups -OCH3 is 2. The Labute approximate surface area is 135 Å². The van der Waals surface area contributed by atoms with Gasteiger partial charge in [-0.2, -0.15) is 0 Å². The third kappa shape index (κ3) is 3.14. The zero-order valence-corrected chi connectivity index (χ0v) is 13.8. The van der Waals surface area contributed by atoms with E-state index in [1.54, 1.807) is 30.3 Å². The van der Waals surface area contributed by atoms with Crippen LogP contribution in [-0.4, -0.2) is 20.0 Å². The van der Waals surface area contributed by atoms with Crippen molar-refractivity contribution in [2.75, 3.05) is 20.0 Å². The molecule has 0 fully saturated rings. The van der Waals surface area contributed by atoms with Crippen LogP contribution in [0.25, 0.3) is 0 Å². The van der Waals surface area contributed by atoms with E-state index in [1.165, 1.54) is 14.2 Å². The van der Waals surface area contributed by atoms with Crippen LogP contribution in [0.3, 0.4) is 0 Å². The summed E-state index contributed by atoms with van der Waals surface area (Å²) in [5.74, 6) is 0.743. The van der Waals surface area contributed by atoms with Crippen LogP contribution in [0.4, 0.5) is 5.69 Å². The second-order valence-electron chi connectivity index (χ2n) is 4.25. The van der Waals surface area contributed by atoms with Gasteiger partial charge in [0, 0.05) is 26.3 Å². The lowest BCUT2D eigenvalue weighted by atomic mass is 10.0. The third-order valence-corrected chi connectivity index (χ3v) is 3.87. The van der Waals surface area contributed by atoms with E-state index in [0.29, 0.717) is 37.8 Å². The van der Waals surface area contributed by atoms with Crippen molar-refractivity contribution in [3.63, 3.8) is 0 Å². The average Bonchev–Trinajstić information content (AvgIpc) is 2.48. The number of ether oxygens (including phenoxy) is 2. The number of rotatable bonds is 4. The standard InChI is InChI=1S/C15H13BrClNO3/c1-20-13-6-9(11(16)7-14(13)21-2)15(19)10-5-8(17)3-4-12(10)18/h3-7H,18H2,1-2H3. The number of carbonyl (C=O) groups excluding carboxylic acids is 1. The minimum absolute atomic E-state index is 0.247. The zero-order valence-electron chi connectivity index (χ0n) is 11.4. The highest BCUT2D eigenvalue weighted by atomic mass is 79.9. The molecule has 0 heterocycles. The summed E-state index contributed by atoms with van der Waals surface area (Å²) in [6.45, 7) is 0. The number of halogens is 2. The molecule has 0 aliphatic rings. The molecule has 2 aromatic carbocycles. The van der Waals surface area contributed by atoms with Crippen molar-refractivity contribution in [2.45, 2.75) is 0 Å². The minimum Gasteiger partial charge on any atom is -0.493 e. The molecule has 2 rings (SSSR count). The monoisotopic (exact) mass is 369 g/mol. The zero-order chi connectivity index (χ0) is 15.6. The molecule has 6 heteroatoms. The summed E-state index contributed by atoms with van der Waals surface area (Å²) >= 11 is 9.29. The molecule has 2 aromatic rings. The summed E-state index contributed by atoms with van der Waals surface area (Å²) in [6, 6.07) is 8.06. The van der Waals surface area contributed by atoms with Crippen molar-refractivity contribution >= 4 is 39.0 Å². The van der Waals surface area contributed by atoms with Gasteiger partial charge < -0.3 is 15.2 Å². The van der Waals surface area contributed by atoms with Crippen LogP contribution in [0.15, 0.2) is 34.8 Å². The van der Waals surface area contributed by atoms with Gasteiger partial charge in [0.2, 0.25) is 0 Å². The highest BCUT2D eigenvalue weighted by molar-refractivity contribution is 9.10. The van der Waals surface area contributed by atoms with Crippen molar-refractivity contribution in [3.05, 3.63) is 51.0 Å². The highest BCUT2D eigenvalue weighted by Crippen LogP contribution is 2.35. The number of nitrogen functional groups attached to an aromatic ring is 1. The molecule has 0 radical (unpaired) electrons. The summed E-state index contributed by atoms with van der Waals surface area (Å²) in [4.78, 5) is 12.6. The van der Waals surface area contributed by atoms with E-state index >= 15 is 0 Å². The number of hydrogen-bond acceptors (Lipinski definition) is 4. The van der Waals surface area contributed by atoms with Gasteiger partial charge in [0.15, 0.2) is 17.3 Å². The molecule has 0 amide bonds. The third-order valence-electron chi connectivity index (χ3n) is 2.98. The molecule has 110 valence electrons. The predicted octanol–water partition coefficient (Wildman–Crippen LogP) is 3.93. The molecular formula is C15H13BrClNO3. The molecular weight excluding hydrogens is 358 g/mol. The lowest BCUT2D eigenvalue weighted by molar-refractivity contribution is 0.103. The largest absolute Gasteiger partial charge is 0.493 e. The summed E-state index contributed by atoms with van der Waals surface area (Å²) in [5, 5.41) is 0.448. The fraction of sp³-hybridized carbons (Fsp3) is 0.133. The normalized spacial score (nSPS) is 10.3. The first-order valence-electron chi connectivity index (χ1n) is 5.99. The van der Waals surface area contributed by atoms with Gasteiger partial charge in [-0.05, 0) is 46.3 Å². The minimum atomic E-state index is -0.247. The number of ketones is 1. The van der Waals surface area contributed by atoms with Crippen molar-refractivity contribution in [1.82, 2.24) is 0 Å². The molecule has 21 heavy (non-hydrogen) atoms. The number of benzene rings is 2. The van der Waals surface area contributed by atoms with Gasteiger partial charge in [0.05, 0.1) is 14.2 Å². The van der Waals surface area contributed by atoms with Crippen molar-refractivity contribution in [3.8, 4) is 11.5 Å². The van der Waals surface area contributed by atoms with E-state index in [-0.39, 0.29) is 5.78 Å².